The molecule has 0 atom stereocenters. The van der Waals surface area contributed by atoms with E-state index >= 15 is 0 Å². The lowest BCUT2D eigenvalue weighted by molar-refractivity contribution is -0.0679. The highest BCUT2D eigenvalue weighted by Crippen LogP contribution is 2.31. The molecule has 0 bridgehead atoms. The van der Waals surface area contributed by atoms with Crippen molar-refractivity contribution in [3.8, 4) is 17.6 Å². The second kappa shape index (κ2) is 12.5. The van der Waals surface area contributed by atoms with Crippen molar-refractivity contribution in [2.75, 3.05) is 33.7 Å². The van der Waals surface area contributed by atoms with Crippen molar-refractivity contribution in [2.45, 2.75) is 33.2 Å². The van der Waals surface area contributed by atoms with E-state index in [1.54, 1.807) is 19.2 Å². The highest BCUT2D eigenvalue weighted by Gasteiger charge is 2.18. The Morgan fingerprint density at radius 3 is 2.61 bits per heavy atom. The van der Waals surface area contributed by atoms with E-state index in [-0.39, 0.29) is 12.6 Å². The van der Waals surface area contributed by atoms with E-state index in [0.717, 1.165) is 11.4 Å². The van der Waals surface area contributed by atoms with E-state index in [4.69, 9.17) is 29.9 Å². The lowest BCUT2D eigenvalue weighted by Gasteiger charge is -2.11. The van der Waals surface area contributed by atoms with E-state index in [0.29, 0.717) is 61.8 Å². The van der Waals surface area contributed by atoms with Gasteiger partial charge in [0.25, 0.3) is 0 Å². The Hall–Kier alpha value is -3.13. The van der Waals surface area contributed by atoms with Gasteiger partial charge in [-0.15, -0.1) is 0 Å². The molecule has 1 aromatic heterocycles. The lowest BCUT2D eigenvalue weighted by Crippen LogP contribution is -2.13. The number of benzene rings is 1. The molecule has 0 aliphatic rings. The minimum absolute atomic E-state index is 0.103. The van der Waals surface area contributed by atoms with Gasteiger partial charge in [0.2, 0.25) is 0 Å². The first-order chi connectivity index (χ1) is 15.1. The van der Waals surface area contributed by atoms with E-state index in [2.05, 4.69) is 16.3 Å². The first-order valence-corrected chi connectivity index (χ1v) is 10.0. The highest BCUT2D eigenvalue weighted by molar-refractivity contribution is 5.97. The van der Waals surface area contributed by atoms with Gasteiger partial charge in [-0.25, -0.2) is 0 Å². The smallest absolute Gasteiger partial charge is 0.171 e. The van der Waals surface area contributed by atoms with Crippen LogP contribution in [0.2, 0.25) is 0 Å². The maximum atomic E-state index is 9.31. The minimum Gasteiger partial charge on any atom is -0.453 e. The zero-order valence-electron chi connectivity index (χ0n) is 18.1. The van der Waals surface area contributed by atoms with Crippen LogP contribution in [0.15, 0.2) is 23.4 Å². The van der Waals surface area contributed by atoms with Crippen molar-refractivity contribution < 1.29 is 24.2 Å². The molecule has 0 aliphatic heterocycles. The lowest BCUT2D eigenvalue weighted by atomic mass is 10.1. The third-order valence-electron chi connectivity index (χ3n) is 4.45. The summed E-state index contributed by atoms with van der Waals surface area (Å²) in [5.74, 6) is 0.947. The van der Waals surface area contributed by atoms with Gasteiger partial charge in [0.1, 0.15) is 18.2 Å². The third kappa shape index (κ3) is 6.68. The van der Waals surface area contributed by atoms with Crippen LogP contribution in [0, 0.1) is 11.3 Å². The Balaban J connectivity index is 2.19. The number of rotatable bonds is 13. The predicted molar refractivity (Wildman–Crippen MR) is 113 cm³/mol. The van der Waals surface area contributed by atoms with Crippen molar-refractivity contribution in [3.05, 3.63) is 40.7 Å². The first-order valence-electron chi connectivity index (χ1n) is 10.0. The number of aromatic nitrogens is 2. The summed E-state index contributed by atoms with van der Waals surface area (Å²) in [7, 11) is 1.62. The van der Waals surface area contributed by atoms with Crippen LogP contribution in [0.4, 0.5) is 0 Å². The van der Waals surface area contributed by atoms with E-state index in [1.165, 1.54) is 6.07 Å². The van der Waals surface area contributed by atoms with Crippen LogP contribution in [-0.4, -0.2) is 54.5 Å². The fourth-order valence-electron chi connectivity index (χ4n) is 2.93. The molecule has 3 N–H and O–H groups in total. The summed E-state index contributed by atoms with van der Waals surface area (Å²) in [6.07, 6.45) is 1.36. The molecule has 2 aromatic rings. The largest absolute Gasteiger partial charge is 0.453 e. The monoisotopic (exact) mass is 431 g/mol. The molecule has 168 valence electrons. The molecule has 0 amide bonds. The SMILES string of the molecule is CCc1nn(CCOCOCCOC)c(CC)c1Oc1cc(C#N)cc(/C(N)=N/O)c1. The summed E-state index contributed by atoms with van der Waals surface area (Å²) in [5, 5.41) is 25.9. The van der Waals surface area contributed by atoms with Gasteiger partial charge in [0.05, 0.1) is 43.7 Å². The Kier molecular flexibility index (Phi) is 9.77. The molecule has 1 aromatic carbocycles. The van der Waals surface area contributed by atoms with Crippen LogP contribution in [0.3, 0.4) is 0 Å². The van der Waals surface area contributed by atoms with Crippen LogP contribution in [0.1, 0.15) is 36.4 Å². The minimum atomic E-state index is -0.103. The fourth-order valence-corrected chi connectivity index (χ4v) is 2.93. The molecule has 0 aliphatic carbocycles. The molecule has 0 spiro atoms. The number of hydrogen-bond acceptors (Lipinski definition) is 8. The number of nitrogens with two attached hydrogens (primary N) is 1. The number of nitrogens with zero attached hydrogens (tertiary/aromatic N) is 4. The van der Waals surface area contributed by atoms with Crippen LogP contribution in [0.25, 0.3) is 0 Å². The molecule has 31 heavy (non-hydrogen) atoms. The van der Waals surface area contributed by atoms with Crippen LogP contribution in [0.5, 0.6) is 11.5 Å². The van der Waals surface area contributed by atoms with Gasteiger partial charge >= 0.3 is 0 Å². The van der Waals surface area contributed by atoms with Gasteiger partial charge in [-0.2, -0.15) is 10.4 Å². The second-order valence-corrected chi connectivity index (χ2v) is 6.53. The third-order valence-corrected chi connectivity index (χ3v) is 4.45. The predicted octanol–water partition coefficient (Wildman–Crippen LogP) is 2.40. The summed E-state index contributed by atoms with van der Waals surface area (Å²) < 4.78 is 23.7. The van der Waals surface area contributed by atoms with Gasteiger partial charge in [-0.05, 0) is 31.0 Å². The van der Waals surface area contributed by atoms with E-state index in [9.17, 15) is 5.26 Å². The molecule has 0 radical (unpaired) electrons. The van der Waals surface area contributed by atoms with Crippen molar-refractivity contribution in [1.82, 2.24) is 9.78 Å². The summed E-state index contributed by atoms with van der Waals surface area (Å²) in [5.41, 5.74) is 8.12. The first kappa shape index (κ1) is 24.1. The molecule has 10 nitrogen and oxygen atoms in total. The molecule has 1 heterocycles. The standard InChI is InChI=1S/C21H29N5O5/c1-4-18-20(31-17-11-15(13-22)10-16(12-17)21(23)25-27)19(5-2)26(24-18)6-7-29-14-30-9-8-28-3/h10-12,27H,4-9,14H2,1-3H3,(H2,23,25). The molecule has 0 saturated carbocycles. The van der Waals surface area contributed by atoms with Gasteiger partial charge in [-0.1, -0.05) is 19.0 Å². The Morgan fingerprint density at radius 1 is 1.19 bits per heavy atom. The summed E-state index contributed by atoms with van der Waals surface area (Å²) in [6, 6.07) is 6.80. The molecule has 0 unspecified atom stereocenters. The topological polar surface area (TPSA) is 137 Å². The number of nitriles is 1. The summed E-state index contributed by atoms with van der Waals surface area (Å²) in [6.45, 7) is 6.17. The Bertz CT molecular complexity index is 920. The number of oxime groups is 1. The zero-order chi connectivity index (χ0) is 22.6. The molecule has 0 saturated heterocycles. The second-order valence-electron chi connectivity index (χ2n) is 6.53. The normalized spacial score (nSPS) is 11.5. The molecular weight excluding hydrogens is 402 g/mol. The van der Waals surface area contributed by atoms with Crippen molar-refractivity contribution in [2.24, 2.45) is 10.9 Å². The molecule has 10 heteroatoms. The van der Waals surface area contributed by atoms with Gasteiger partial charge < -0.3 is 29.9 Å². The molecular formula is C21H29N5O5. The number of methoxy groups -OCH3 is 1. The van der Waals surface area contributed by atoms with Crippen molar-refractivity contribution in [1.29, 1.82) is 5.26 Å². The van der Waals surface area contributed by atoms with Gasteiger partial charge in [0, 0.05) is 12.7 Å². The zero-order valence-corrected chi connectivity index (χ0v) is 18.1. The summed E-state index contributed by atoms with van der Waals surface area (Å²) in [4.78, 5) is 0. The van der Waals surface area contributed by atoms with Gasteiger partial charge in [-0.3, -0.25) is 4.68 Å². The number of amidine groups is 1. The molecule has 0 fully saturated rings. The van der Waals surface area contributed by atoms with Crippen LogP contribution in [-0.2, 0) is 33.6 Å². The van der Waals surface area contributed by atoms with E-state index in [1.807, 2.05) is 18.5 Å². The van der Waals surface area contributed by atoms with Gasteiger partial charge in [0.15, 0.2) is 11.6 Å². The maximum Gasteiger partial charge on any atom is 0.171 e. The fraction of sp³-hybridized carbons (Fsp3) is 0.476. The number of ether oxygens (including phenoxy) is 4. The average Bonchev–Trinajstić information content (AvgIpc) is 3.13. The number of hydrogen-bond donors (Lipinski definition) is 2. The van der Waals surface area contributed by atoms with E-state index < -0.39 is 0 Å². The molecule has 2 rings (SSSR count). The van der Waals surface area contributed by atoms with Crippen LogP contribution < -0.4 is 10.5 Å². The van der Waals surface area contributed by atoms with Crippen molar-refractivity contribution >= 4 is 5.84 Å². The Morgan fingerprint density at radius 2 is 1.97 bits per heavy atom. The number of aryl methyl sites for hydroxylation is 1. The Labute approximate surface area is 181 Å². The highest BCUT2D eigenvalue weighted by atomic mass is 16.7. The van der Waals surface area contributed by atoms with Crippen LogP contribution >= 0.6 is 0 Å². The average molecular weight is 431 g/mol. The maximum absolute atomic E-state index is 9.31. The summed E-state index contributed by atoms with van der Waals surface area (Å²) >= 11 is 0. The van der Waals surface area contributed by atoms with Crippen molar-refractivity contribution in [3.63, 3.8) is 0 Å². The quantitative estimate of drug-likeness (QED) is 0.123.